The van der Waals surface area contributed by atoms with Crippen LogP contribution in [-0.2, 0) is 6.54 Å². The van der Waals surface area contributed by atoms with Crippen molar-refractivity contribution < 1.29 is 14.2 Å². The molecule has 1 rings (SSSR count). The average Bonchev–Trinajstić information content (AvgIpc) is 2.62. The number of rotatable bonds is 10. The highest BCUT2D eigenvalue weighted by atomic mass is 127. The van der Waals surface area contributed by atoms with Gasteiger partial charge in [-0.05, 0) is 42.5 Å². The Morgan fingerprint density at radius 3 is 2.16 bits per heavy atom. The van der Waals surface area contributed by atoms with E-state index in [1.54, 1.807) is 28.4 Å². The summed E-state index contributed by atoms with van der Waals surface area (Å²) in [5.41, 5.74) is 1.02. The number of hydrogen-bond acceptors (Lipinski definition) is 5. The molecule has 0 aromatic heterocycles. The van der Waals surface area contributed by atoms with Crippen LogP contribution in [0.5, 0.6) is 17.2 Å². The minimum atomic E-state index is 0. The van der Waals surface area contributed by atoms with E-state index in [0.717, 1.165) is 24.5 Å². The number of benzene rings is 1. The number of unbranched alkanes of at least 4 members (excludes halogenated alkanes) is 1. The first-order chi connectivity index (χ1) is 11.7. The zero-order chi connectivity index (χ0) is 17.8. The second kappa shape index (κ2) is 14.2. The molecule has 0 radical (unpaired) electrons. The summed E-state index contributed by atoms with van der Waals surface area (Å²) in [7, 11) is 6.60. The number of guanidine groups is 1. The van der Waals surface area contributed by atoms with Crippen LogP contribution in [-0.4, -0.2) is 52.9 Å². The first-order valence-corrected chi connectivity index (χ1v) is 9.31. The maximum absolute atomic E-state index is 5.37. The van der Waals surface area contributed by atoms with Gasteiger partial charge in [-0.1, -0.05) is 0 Å². The molecule has 1 aromatic carbocycles. The van der Waals surface area contributed by atoms with Crippen LogP contribution in [0.15, 0.2) is 17.1 Å². The summed E-state index contributed by atoms with van der Waals surface area (Å²) < 4.78 is 16.1. The highest BCUT2D eigenvalue weighted by Gasteiger charge is 2.13. The van der Waals surface area contributed by atoms with Crippen molar-refractivity contribution in [1.82, 2.24) is 10.6 Å². The monoisotopic (exact) mass is 483 g/mol. The summed E-state index contributed by atoms with van der Waals surface area (Å²) in [5, 5.41) is 6.62. The average molecular weight is 483 g/mol. The van der Waals surface area contributed by atoms with Crippen LogP contribution in [0, 0.1) is 0 Å². The fourth-order valence-corrected chi connectivity index (χ4v) is 2.71. The zero-order valence-corrected chi connectivity index (χ0v) is 18.8. The molecule has 0 heterocycles. The Balaban J connectivity index is 0.00000576. The number of nitrogens with zero attached hydrogens (tertiary/aromatic N) is 1. The molecule has 25 heavy (non-hydrogen) atoms. The minimum Gasteiger partial charge on any atom is -0.493 e. The first-order valence-electron chi connectivity index (χ1n) is 7.92. The zero-order valence-electron chi connectivity index (χ0n) is 15.7. The highest BCUT2D eigenvalue weighted by molar-refractivity contribution is 14.0. The molecular weight excluding hydrogens is 453 g/mol. The molecule has 0 saturated carbocycles. The number of hydrogen-bond donors (Lipinski definition) is 2. The standard InChI is InChI=1S/C17H29N3O3S.HI/c1-18-17(19-8-6-7-9-24-5)20-12-13-10-14(21-2)16(23-4)15(11-13)22-3;/h10-11H,6-9,12H2,1-5H3,(H2,18,19,20);1H. The van der Waals surface area contributed by atoms with E-state index in [9.17, 15) is 0 Å². The molecule has 0 fully saturated rings. The summed E-state index contributed by atoms with van der Waals surface area (Å²) in [6, 6.07) is 3.86. The van der Waals surface area contributed by atoms with E-state index in [1.807, 2.05) is 23.9 Å². The van der Waals surface area contributed by atoms with E-state index >= 15 is 0 Å². The number of aliphatic imine (C=N–C) groups is 1. The molecule has 6 nitrogen and oxygen atoms in total. The van der Waals surface area contributed by atoms with Gasteiger partial charge in [0.15, 0.2) is 17.5 Å². The number of thioether (sulfide) groups is 1. The van der Waals surface area contributed by atoms with E-state index in [-0.39, 0.29) is 24.0 Å². The lowest BCUT2D eigenvalue weighted by molar-refractivity contribution is 0.323. The molecule has 2 N–H and O–H groups in total. The molecule has 0 unspecified atom stereocenters. The lowest BCUT2D eigenvalue weighted by atomic mass is 10.2. The van der Waals surface area contributed by atoms with Crippen molar-refractivity contribution in [1.29, 1.82) is 0 Å². The van der Waals surface area contributed by atoms with Gasteiger partial charge < -0.3 is 24.8 Å². The van der Waals surface area contributed by atoms with Crippen molar-refractivity contribution in [2.24, 2.45) is 4.99 Å². The topological polar surface area (TPSA) is 64.1 Å². The third-order valence-electron chi connectivity index (χ3n) is 3.48. The third-order valence-corrected chi connectivity index (χ3v) is 4.17. The van der Waals surface area contributed by atoms with E-state index < -0.39 is 0 Å². The Bertz CT molecular complexity index is 505. The van der Waals surface area contributed by atoms with Gasteiger partial charge in [-0.2, -0.15) is 11.8 Å². The highest BCUT2D eigenvalue weighted by Crippen LogP contribution is 2.38. The first kappa shape index (κ1) is 24.0. The van der Waals surface area contributed by atoms with Crippen LogP contribution in [0.1, 0.15) is 18.4 Å². The largest absolute Gasteiger partial charge is 0.493 e. The second-order valence-corrected chi connectivity index (χ2v) is 6.07. The Hall–Kier alpha value is -1.03. The molecule has 0 atom stereocenters. The minimum absolute atomic E-state index is 0. The SMILES string of the molecule is CN=C(NCCCCSC)NCc1cc(OC)c(OC)c(OC)c1.I. The van der Waals surface area contributed by atoms with Crippen molar-refractivity contribution >= 4 is 41.7 Å². The maximum atomic E-state index is 5.37. The third kappa shape index (κ3) is 8.26. The van der Waals surface area contributed by atoms with Crippen LogP contribution < -0.4 is 24.8 Å². The van der Waals surface area contributed by atoms with Crippen LogP contribution in [0.4, 0.5) is 0 Å². The molecule has 0 aliphatic rings. The molecule has 0 spiro atoms. The fourth-order valence-electron chi connectivity index (χ4n) is 2.22. The smallest absolute Gasteiger partial charge is 0.203 e. The quantitative estimate of drug-likeness (QED) is 0.231. The normalized spacial score (nSPS) is 10.7. The van der Waals surface area contributed by atoms with Crippen molar-refractivity contribution in [3.05, 3.63) is 17.7 Å². The summed E-state index contributed by atoms with van der Waals surface area (Å²) >= 11 is 1.88. The van der Waals surface area contributed by atoms with Gasteiger partial charge >= 0.3 is 0 Å². The maximum Gasteiger partial charge on any atom is 0.203 e. The van der Waals surface area contributed by atoms with Crippen LogP contribution >= 0.6 is 35.7 Å². The van der Waals surface area contributed by atoms with Gasteiger partial charge in [-0.25, -0.2) is 0 Å². The summed E-state index contributed by atoms with van der Waals surface area (Å²) in [6.07, 6.45) is 4.47. The summed E-state index contributed by atoms with van der Waals surface area (Å²) in [6.45, 7) is 1.52. The van der Waals surface area contributed by atoms with Gasteiger partial charge in [0.25, 0.3) is 0 Å². The van der Waals surface area contributed by atoms with E-state index in [2.05, 4.69) is 21.9 Å². The lowest BCUT2D eigenvalue weighted by Gasteiger charge is -2.16. The van der Waals surface area contributed by atoms with Gasteiger partial charge in [-0.15, -0.1) is 24.0 Å². The van der Waals surface area contributed by atoms with E-state index in [1.165, 1.54) is 12.2 Å². The summed E-state index contributed by atoms with van der Waals surface area (Å²) in [5.74, 6) is 3.87. The molecular formula is C17H30IN3O3S. The molecule has 0 aliphatic carbocycles. The van der Waals surface area contributed by atoms with Crippen LogP contribution in [0.3, 0.4) is 0 Å². The molecule has 0 bridgehead atoms. The predicted octanol–water partition coefficient (Wildman–Crippen LogP) is 3.14. The van der Waals surface area contributed by atoms with Crippen molar-refractivity contribution in [3.8, 4) is 17.2 Å². The summed E-state index contributed by atoms with van der Waals surface area (Å²) in [4.78, 5) is 4.24. The Kier molecular flexibility index (Phi) is 13.6. The molecule has 0 saturated heterocycles. The second-order valence-electron chi connectivity index (χ2n) is 5.09. The number of ether oxygens (including phenoxy) is 3. The molecule has 144 valence electrons. The predicted molar refractivity (Wildman–Crippen MR) is 117 cm³/mol. The number of halogens is 1. The van der Waals surface area contributed by atoms with Crippen molar-refractivity contribution in [3.63, 3.8) is 0 Å². The van der Waals surface area contributed by atoms with Gasteiger partial charge in [0, 0.05) is 20.1 Å². The van der Waals surface area contributed by atoms with Crippen LogP contribution in [0.25, 0.3) is 0 Å². The Morgan fingerprint density at radius 1 is 1.04 bits per heavy atom. The van der Waals surface area contributed by atoms with Gasteiger partial charge in [-0.3, -0.25) is 4.99 Å². The molecule has 0 aliphatic heterocycles. The van der Waals surface area contributed by atoms with Crippen LogP contribution in [0.2, 0.25) is 0 Å². The number of methoxy groups -OCH3 is 3. The molecule has 8 heteroatoms. The lowest BCUT2D eigenvalue weighted by Crippen LogP contribution is -2.37. The molecule has 0 amide bonds. The fraction of sp³-hybridized carbons (Fsp3) is 0.588. The van der Waals surface area contributed by atoms with Crippen molar-refractivity contribution in [2.45, 2.75) is 19.4 Å². The Labute approximate surface area is 172 Å². The molecule has 1 aromatic rings. The van der Waals surface area contributed by atoms with Crippen molar-refractivity contribution in [2.75, 3.05) is 46.9 Å². The van der Waals surface area contributed by atoms with Gasteiger partial charge in [0.1, 0.15) is 0 Å². The van der Waals surface area contributed by atoms with Gasteiger partial charge in [0.05, 0.1) is 21.3 Å². The van der Waals surface area contributed by atoms with E-state index in [4.69, 9.17) is 14.2 Å². The van der Waals surface area contributed by atoms with Gasteiger partial charge in [0.2, 0.25) is 5.75 Å². The number of nitrogens with one attached hydrogen (secondary N) is 2. The Morgan fingerprint density at radius 2 is 1.68 bits per heavy atom. The van der Waals surface area contributed by atoms with E-state index in [0.29, 0.717) is 23.8 Å².